The Morgan fingerprint density at radius 2 is 0.875 bits per heavy atom. The highest BCUT2D eigenvalue weighted by Crippen LogP contribution is 2.48. The summed E-state index contributed by atoms with van der Waals surface area (Å²) in [5.74, 6) is 2.51. The van der Waals surface area contributed by atoms with Gasteiger partial charge in [-0.2, -0.15) is 0 Å². The summed E-state index contributed by atoms with van der Waals surface area (Å²) >= 11 is 0. The summed E-state index contributed by atoms with van der Waals surface area (Å²) in [6.07, 6.45) is 37.9. The van der Waals surface area contributed by atoms with Crippen molar-refractivity contribution in [2.24, 2.45) is 0 Å². The van der Waals surface area contributed by atoms with E-state index in [-0.39, 0.29) is 21.8 Å². The van der Waals surface area contributed by atoms with Crippen LogP contribution >= 0.6 is 0 Å². The fraction of sp³-hybridized carbons (Fsp3) is 0.250. The molecule has 0 unspecified atom stereocenters. The van der Waals surface area contributed by atoms with Gasteiger partial charge in [0.1, 0.15) is 35.2 Å². The number of aliphatic hydroxyl groups is 2. The van der Waals surface area contributed by atoms with Crippen molar-refractivity contribution in [2.45, 2.75) is 75.0 Å². The average molecular weight is 753 g/mol. The predicted octanol–water partition coefficient (Wildman–Crippen LogP) is 8.79. The van der Waals surface area contributed by atoms with Crippen LogP contribution in [0.2, 0.25) is 0 Å². The fourth-order valence-electron chi connectivity index (χ4n) is 7.97. The van der Waals surface area contributed by atoms with Gasteiger partial charge < -0.3 is 40.1 Å². The quantitative estimate of drug-likeness (QED) is 0.155. The van der Waals surface area contributed by atoms with Gasteiger partial charge in [0.25, 0.3) is 0 Å². The number of ether oxygens (including phenoxy) is 4. The topological polar surface area (TPSA) is 140 Å². The molecule has 0 spiro atoms. The highest BCUT2D eigenvalue weighted by atomic mass is 16.5. The molecule has 2 aliphatic carbocycles. The summed E-state index contributed by atoms with van der Waals surface area (Å²) in [4.78, 5) is 0. The molecule has 0 amide bonds. The lowest BCUT2D eigenvalue weighted by Crippen LogP contribution is -2.30. The first-order valence-corrected chi connectivity index (χ1v) is 18.1. The Morgan fingerprint density at radius 3 is 1.29 bits per heavy atom. The fourth-order valence-corrected chi connectivity index (χ4v) is 7.97. The largest absolute Gasteiger partial charge is 0.460 e. The van der Waals surface area contributed by atoms with E-state index in [1.165, 1.54) is 47.9 Å². The number of hydrogen-bond acceptors (Lipinski definition) is 6. The maximum Gasteiger partial charge on any atom is 0.160 e. The zero-order valence-corrected chi connectivity index (χ0v) is 31.4. The number of rotatable bonds is 10. The van der Waals surface area contributed by atoms with Crippen LogP contribution in [0.3, 0.4) is 0 Å². The summed E-state index contributed by atoms with van der Waals surface area (Å²) in [7, 11) is 0. The van der Waals surface area contributed by atoms with E-state index in [0.29, 0.717) is 23.0 Å². The molecule has 0 atom stereocenters. The van der Waals surface area contributed by atoms with Crippen molar-refractivity contribution in [3.63, 3.8) is 0 Å². The van der Waals surface area contributed by atoms with Crippen LogP contribution in [-0.4, -0.2) is 21.2 Å². The lowest BCUT2D eigenvalue weighted by Gasteiger charge is -2.39. The Labute approximate surface area is 330 Å². The van der Waals surface area contributed by atoms with Gasteiger partial charge in [0, 0.05) is 22.0 Å². The predicted molar refractivity (Wildman–Crippen MR) is 221 cm³/mol. The van der Waals surface area contributed by atoms with Gasteiger partial charge in [-0.3, -0.25) is 0 Å². The van der Waals surface area contributed by atoms with Crippen molar-refractivity contribution in [1.29, 1.82) is 0 Å². The molecule has 2 fully saturated rings. The maximum atomic E-state index is 8.71. The van der Waals surface area contributed by atoms with E-state index in [1.54, 1.807) is 24.4 Å². The monoisotopic (exact) mass is 752 g/mol. The first-order chi connectivity index (χ1) is 26.5. The highest BCUT2D eigenvalue weighted by Gasteiger charge is 2.37. The van der Waals surface area contributed by atoms with Gasteiger partial charge in [-0.25, -0.2) is 0 Å². The van der Waals surface area contributed by atoms with Crippen molar-refractivity contribution >= 4 is 12.2 Å². The van der Waals surface area contributed by atoms with Gasteiger partial charge in [-0.05, 0) is 96.5 Å². The van der Waals surface area contributed by atoms with Gasteiger partial charge in [-0.15, -0.1) is 0 Å². The SMILES string of the molecule is C#COc1ccc(C2(c3ccc(OC#CO)c(C=C)c3)CCCCC2)cc1C=C.C#COc1ccc(C2(c3ccc(OC#CO)cc3)CCCCC2)cc1.O.O. The third-order valence-corrected chi connectivity index (χ3v) is 10.6. The Hall–Kier alpha value is -6.68. The zero-order chi connectivity index (χ0) is 38.2. The van der Waals surface area contributed by atoms with E-state index >= 15 is 0 Å². The van der Waals surface area contributed by atoms with Crippen molar-refractivity contribution < 1.29 is 40.1 Å². The summed E-state index contributed by atoms with van der Waals surface area (Å²) in [6, 6.07) is 28.3. The molecule has 8 heteroatoms. The summed E-state index contributed by atoms with van der Waals surface area (Å²) in [6.45, 7) is 7.81. The molecule has 2 aliphatic rings. The van der Waals surface area contributed by atoms with E-state index in [4.69, 9.17) is 42.0 Å². The molecule has 0 radical (unpaired) electrons. The molecule has 56 heavy (non-hydrogen) atoms. The lowest BCUT2D eigenvalue weighted by atomic mass is 9.65. The minimum absolute atomic E-state index is 0. The van der Waals surface area contributed by atoms with E-state index < -0.39 is 0 Å². The molecule has 6 N–H and O–H groups in total. The van der Waals surface area contributed by atoms with E-state index in [9.17, 15) is 0 Å². The Balaban J connectivity index is 0.000000293. The minimum atomic E-state index is -0.121. The van der Waals surface area contributed by atoms with Crippen molar-refractivity contribution in [3.05, 3.63) is 131 Å². The number of hydrogen-bond donors (Lipinski definition) is 2. The second kappa shape index (κ2) is 21.3. The standard InChI is InChI=1S/C26H24O3.C22H20O3.2H2O/c1-4-20-18-22(10-12-24(20)28-6-3)26(14-8-7-9-15-26)23-11-13-25(29-17-16-27)21(5-2)19-23;1-2-24-20-10-6-18(7-11-20)22(14-4-3-5-15-22)19-8-12-21(13-9-19)25-17-16-23;;/h3-5,10-13,18-19,27H,1-2,7-9,14-15H2;1,6-13,23H,3-5,14-15H2;2*1H2. The molecule has 4 aromatic carbocycles. The lowest BCUT2D eigenvalue weighted by molar-refractivity contribution is 0.345. The Morgan fingerprint density at radius 1 is 0.500 bits per heavy atom. The Bertz CT molecular complexity index is 2120. The van der Waals surface area contributed by atoms with E-state index in [0.717, 1.165) is 49.7 Å². The zero-order valence-electron chi connectivity index (χ0n) is 31.4. The van der Waals surface area contributed by atoms with Crippen LogP contribution < -0.4 is 18.9 Å². The van der Waals surface area contributed by atoms with Crippen molar-refractivity contribution in [2.75, 3.05) is 0 Å². The van der Waals surface area contributed by atoms with Crippen LogP contribution in [0, 0.1) is 49.5 Å². The normalized spacial score (nSPS) is 14.4. The third-order valence-electron chi connectivity index (χ3n) is 10.6. The van der Waals surface area contributed by atoms with Crippen LogP contribution in [0.25, 0.3) is 12.2 Å². The number of benzene rings is 4. The minimum Gasteiger partial charge on any atom is -0.460 e. The second-order valence-corrected chi connectivity index (χ2v) is 13.3. The van der Waals surface area contributed by atoms with Gasteiger partial charge in [0.15, 0.2) is 24.4 Å². The third kappa shape index (κ3) is 9.89. The Kier molecular flexibility index (Phi) is 16.6. The molecule has 0 heterocycles. The summed E-state index contributed by atoms with van der Waals surface area (Å²) < 4.78 is 20.8. The van der Waals surface area contributed by atoms with Crippen LogP contribution in [0.4, 0.5) is 0 Å². The molecule has 6 rings (SSSR count). The molecule has 2 saturated carbocycles. The van der Waals surface area contributed by atoms with Gasteiger partial charge in [0.05, 0.1) is 0 Å². The van der Waals surface area contributed by atoms with E-state index in [1.807, 2.05) is 36.4 Å². The molecular formula is C48H48O8. The van der Waals surface area contributed by atoms with Gasteiger partial charge in [0.2, 0.25) is 0 Å². The smallest absolute Gasteiger partial charge is 0.160 e. The first kappa shape index (κ1) is 43.7. The van der Waals surface area contributed by atoms with Gasteiger partial charge >= 0.3 is 0 Å². The first-order valence-electron chi connectivity index (χ1n) is 18.1. The van der Waals surface area contributed by atoms with Crippen molar-refractivity contribution in [3.8, 4) is 72.5 Å². The van der Waals surface area contributed by atoms with Crippen LogP contribution in [-0.2, 0) is 10.8 Å². The number of aliphatic hydroxyl groups excluding tert-OH is 2. The molecule has 0 saturated heterocycles. The van der Waals surface area contributed by atoms with Crippen LogP contribution in [0.1, 0.15) is 97.6 Å². The molecule has 4 aromatic rings. The molecular weight excluding hydrogens is 705 g/mol. The van der Waals surface area contributed by atoms with Crippen LogP contribution in [0.15, 0.2) is 98.1 Å². The summed E-state index contributed by atoms with van der Waals surface area (Å²) in [5, 5.41) is 17.2. The van der Waals surface area contributed by atoms with Crippen LogP contribution in [0.5, 0.6) is 23.0 Å². The number of terminal acetylenes is 2. The molecule has 288 valence electrons. The van der Waals surface area contributed by atoms with Gasteiger partial charge in [-0.1, -0.05) is 113 Å². The molecule has 0 bridgehead atoms. The highest BCUT2D eigenvalue weighted by molar-refractivity contribution is 5.62. The molecule has 8 nitrogen and oxygen atoms in total. The molecule has 0 aliphatic heterocycles. The summed E-state index contributed by atoms with van der Waals surface area (Å²) in [5.41, 5.74) is 6.56. The average Bonchev–Trinajstić information content (AvgIpc) is 3.23. The second-order valence-electron chi connectivity index (χ2n) is 13.3. The van der Waals surface area contributed by atoms with E-state index in [2.05, 4.69) is 86.1 Å². The van der Waals surface area contributed by atoms with Crippen molar-refractivity contribution in [1.82, 2.24) is 0 Å². The molecule has 0 aromatic heterocycles. The maximum absolute atomic E-state index is 8.71.